The molecule has 1 amide bonds. The molecule has 0 aliphatic carbocycles. The van der Waals surface area contributed by atoms with Gasteiger partial charge in [-0.15, -0.1) is 0 Å². The molecule has 0 saturated carbocycles. The molecule has 0 heterocycles. The van der Waals surface area contributed by atoms with Gasteiger partial charge in [0, 0.05) is 6.92 Å². The molecule has 0 aliphatic heterocycles. The van der Waals surface area contributed by atoms with E-state index in [0.29, 0.717) is 0 Å². The number of rotatable bonds is 3. The van der Waals surface area contributed by atoms with Gasteiger partial charge in [-0.2, -0.15) is 0 Å². The molecule has 1 aromatic rings. The molecule has 1 aromatic carbocycles. The number of nitrogens with two attached hydrogens (primary N) is 1. The van der Waals surface area contributed by atoms with Crippen LogP contribution < -0.4 is 10.6 Å². The van der Waals surface area contributed by atoms with Crippen molar-refractivity contribution in [3.63, 3.8) is 0 Å². The summed E-state index contributed by atoms with van der Waals surface area (Å²) in [5.74, 6) is -5.17. The minimum atomic E-state index is -1.33. The van der Waals surface area contributed by atoms with Gasteiger partial charge in [-0.1, -0.05) is 0 Å². The predicted octanol–water partition coefficient (Wildman–Crippen LogP) is 0.921. The van der Waals surface area contributed by atoms with E-state index >= 15 is 0 Å². The van der Waals surface area contributed by atoms with Crippen molar-refractivity contribution in [1.29, 1.82) is 0 Å². The maximum absolute atomic E-state index is 13.4. The van der Waals surface area contributed by atoms with Crippen LogP contribution in [0.1, 0.15) is 17.3 Å². The summed E-state index contributed by atoms with van der Waals surface area (Å²) in [7, 11) is 0. The first-order valence-electron chi connectivity index (χ1n) is 4.06. The molecule has 0 bridgehead atoms. The van der Waals surface area contributed by atoms with E-state index in [1.807, 2.05) is 0 Å². The van der Waals surface area contributed by atoms with Crippen LogP contribution in [-0.2, 0) is 9.68 Å². The zero-order valence-corrected chi connectivity index (χ0v) is 8.12. The molecule has 0 aliphatic rings. The first kappa shape index (κ1) is 11.9. The summed E-state index contributed by atoms with van der Waals surface area (Å²) >= 11 is 0. The molecule has 5 nitrogen and oxygen atoms in total. The number of carbonyl (C=O) groups excluding carboxylic acids is 2. The molecule has 0 radical (unpaired) electrons. The summed E-state index contributed by atoms with van der Waals surface area (Å²) in [5, 5.41) is 0. The number of hydrogen-bond acceptors (Lipinski definition) is 4. The molecule has 86 valence electrons. The number of halogens is 2. The third-order valence-electron chi connectivity index (χ3n) is 1.55. The van der Waals surface area contributed by atoms with E-state index in [0.717, 1.165) is 19.1 Å². The van der Waals surface area contributed by atoms with Gasteiger partial charge < -0.3 is 5.73 Å². The minimum absolute atomic E-state index is 0.606. The lowest BCUT2D eigenvalue weighted by Gasteiger charge is -2.06. The Kier molecular flexibility index (Phi) is 3.39. The van der Waals surface area contributed by atoms with E-state index in [9.17, 15) is 18.4 Å². The summed E-state index contributed by atoms with van der Waals surface area (Å²) in [6.45, 7) is 1.02. The second-order valence-electron chi connectivity index (χ2n) is 2.76. The zero-order valence-electron chi connectivity index (χ0n) is 8.12. The van der Waals surface area contributed by atoms with Crippen LogP contribution in [0.15, 0.2) is 12.1 Å². The predicted molar refractivity (Wildman–Crippen MR) is 47.3 cm³/mol. The fourth-order valence-corrected chi connectivity index (χ4v) is 0.927. The lowest BCUT2D eigenvalue weighted by atomic mass is 10.2. The van der Waals surface area contributed by atoms with Crippen LogP contribution in [0.2, 0.25) is 0 Å². The molecule has 0 unspecified atom stereocenters. The van der Waals surface area contributed by atoms with E-state index in [1.54, 1.807) is 0 Å². The van der Waals surface area contributed by atoms with Gasteiger partial charge in [-0.3, -0.25) is 14.6 Å². The van der Waals surface area contributed by atoms with Crippen molar-refractivity contribution >= 4 is 11.9 Å². The van der Waals surface area contributed by atoms with Crippen LogP contribution in [-0.4, -0.2) is 11.9 Å². The molecule has 0 spiro atoms. The Morgan fingerprint density at radius 1 is 1.31 bits per heavy atom. The van der Waals surface area contributed by atoms with Gasteiger partial charge in [0.25, 0.3) is 5.91 Å². The van der Waals surface area contributed by atoms with Crippen molar-refractivity contribution in [1.82, 2.24) is 0 Å². The van der Waals surface area contributed by atoms with E-state index in [-0.39, 0.29) is 0 Å². The first-order valence-corrected chi connectivity index (χ1v) is 4.06. The number of amides is 1. The third-order valence-corrected chi connectivity index (χ3v) is 1.55. The van der Waals surface area contributed by atoms with Crippen LogP contribution in [0.4, 0.5) is 8.78 Å². The van der Waals surface area contributed by atoms with Gasteiger partial charge in [0.2, 0.25) is 5.75 Å². The maximum atomic E-state index is 13.4. The van der Waals surface area contributed by atoms with Crippen molar-refractivity contribution in [3.05, 3.63) is 29.3 Å². The number of primary amides is 1. The lowest BCUT2D eigenvalue weighted by molar-refractivity contribution is -0.211. The molecular formula is C9H7F2NO4. The average Bonchev–Trinajstić information content (AvgIpc) is 2.15. The Hall–Kier alpha value is -2.18. The SMILES string of the molecule is CC(=O)OOc1ccc(F)c(C(N)=O)c1F. The van der Waals surface area contributed by atoms with E-state index in [4.69, 9.17) is 5.73 Å². The van der Waals surface area contributed by atoms with Crippen molar-refractivity contribution in [2.24, 2.45) is 5.73 Å². The van der Waals surface area contributed by atoms with Gasteiger partial charge in [-0.05, 0) is 12.1 Å². The van der Waals surface area contributed by atoms with Crippen molar-refractivity contribution < 1.29 is 28.1 Å². The molecule has 0 saturated heterocycles. The summed E-state index contributed by atoms with van der Waals surface area (Å²) in [6, 6.07) is 1.63. The van der Waals surface area contributed by atoms with Crippen molar-refractivity contribution in [2.75, 3.05) is 0 Å². The first-order chi connectivity index (χ1) is 7.43. The Bertz CT molecular complexity index is 447. The highest BCUT2D eigenvalue weighted by Gasteiger charge is 2.20. The van der Waals surface area contributed by atoms with Crippen LogP contribution >= 0.6 is 0 Å². The summed E-state index contributed by atoms with van der Waals surface area (Å²) in [4.78, 5) is 29.4. The molecule has 2 N–H and O–H groups in total. The quantitative estimate of drug-likeness (QED) is 0.619. The number of carbonyl (C=O) groups is 2. The van der Waals surface area contributed by atoms with Gasteiger partial charge in [0.1, 0.15) is 11.4 Å². The standard InChI is InChI=1S/C9H7F2NO4/c1-4(13)15-16-6-3-2-5(10)7(8(6)11)9(12)14/h2-3H,1H3,(H2,12,14). The summed E-state index contributed by atoms with van der Waals surface area (Å²) in [5.41, 5.74) is 3.80. The summed E-state index contributed by atoms with van der Waals surface area (Å²) < 4.78 is 26.4. The third kappa shape index (κ3) is 2.44. The van der Waals surface area contributed by atoms with Crippen LogP contribution in [0.3, 0.4) is 0 Å². The smallest absolute Gasteiger partial charge is 0.352 e. The van der Waals surface area contributed by atoms with Crippen molar-refractivity contribution in [2.45, 2.75) is 6.92 Å². The monoisotopic (exact) mass is 231 g/mol. The average molecular weight is 231 g/mol. The van der Waals surface area contributed by atoms with Gasteiger partial charge in [0.15, 0.2) is 5.82 Å². The highest BCUT2D eigenvalue weighted by molar-refractivity contribution is 5.93. The second kappa shape index (κ2) is 4.56. The van der Waals surface area contributed by atoms with Crippen LogP contribution in [0.25, 0.3) is 0 Å². The van der Waals surface area contributed by atoms with Crippen LogP contribution in [0, 0.1) is 11.6 Å². The largest absolute Gasteiger partial charge is 0.365 e. The highest BCUT2D eigenvalue weighted by Crippen LogP contribution is 2.23. The minimum Gasteiger partial charge on any atom is -0.365 e. The van der Waals surface area contributed by atoms with Gasteiger partial charge >= 0.3 is 5.97 Å². The Labute approximate surface area is 88.7 Å². The molecule has 1 rings (SSSR count). The van der Waals surface area contributed by atoms with Gasteiger partial charge in [-0.25, -0.2) is 13.6 Å². The second-order valence-corrected chi connectivity index (χ2v) is 2.76. The molecule has 0 fully saturated rings. The molecule has 16 heavy (non-hydrogen) atoms. The highest BCUT2D eigenvalue weighted by atomic mass is 19.1. The Morgan fingerprint density at radius 2 is 1.94 bits per heavy atom. The topological polar surface area (TPSA) is 78.6 Å². The Balaban J connectivity index is 3.08. The Morgan fingerprint density at radius 3 is 2.44 bits per heavy atom. The molecular weight excluding hydrogens is 224 g/mol. The van der Waals surface area contributed by atoms with E-state index in [2.05, 4.69) is 9.78 Å². The normalized spacial score (nSPS) is 9.69. The molecule has 0 aromatic heterocycles. The fraction of sp³-hybridized carbons (Fsp3) is 0.111. The van der Waals surface area contributed by atoms with Crippen LogP contribution in [0.5, 0.6) is 5.75 Å². The number of hydrogen-bond donors (Lipinski definition) is 1. The van der Waals surface area contributed by atoms with E-state index < -0.39 is 34.8 Å². The molecule has 0 atom stereocenters. The van der Waals surface area contributed by atoms with E-state index in [1.165, 1.54) is 0 Å². The maximum Gasteiger partial charge on any atom is 0.352 e. The van der Waals surface area contributed by atoms with Gasteiger partial charge in [0.05, 0.1) is 0 Å². The fourth-order valence-electron chi connectivity index (χ4n) is 0.927. The summed E-state index contributed by atoms with van der Waals surface area (Å²) in [6.07, 6.45) is 0. The molecule has 7 heteroatoms. The zero-order chi connectivity index (χ0) is 12.3. The van der Waals surface area contributed by atoms with Crippen molar-refractivity contribution in [3.8, 4) is 5.75 Å². The number of benzene rings is 1. The lowest BCUT2D eigenvalue weighted by Crippen LogP contribution is -2.16.